The van der Waals surface area contributed by atoms with Crippen LogP contribution in [0.3, 0.4) is 0 Å². The van der Waals surface area contributed by atoms with Gasteiger partial charge in [0.15, 0.2) is 11.5 Å². The highest BCUT2D eigenvalue weighted by molar-refractivity contribution is 5.73. The van der Waals surface area contributed by atoms with Crippen LogP contribution < -0.4 is 5.32 Å². The molecular formula is C14H18N2O3. The van der Waals surface area contributed by atoms with Crippen LogP contribution in [-0.4, -0.2) is 29.1 Å². The lowest BCUT2D eigenvalue weighted by molar-refractivity contribution is -0.137. The SMILES string of the molecule is Cc1nc2ccc(CCNCCCC(=O)O)cc2o1. The maximum absolute atomic E-state index is 10.3. The van der Waals surface area contributed by atoms with Crippen LogP contribution in [0.5, 0.6) is 0 Å². The number of hydrogen-bond acceptors (Lipinski definition) is 4. The van der Waals surface area contributed by atoms with E-state index in [1.165, 1.54) is 5.56 Å². The Morgan fingerprint density at radius 1 is 1.42 bits per heavy atom. The zero-order valence-corrected chi connectivity index (χ0v) is 11.0. The van der Waals surface area contributed by atoms with Gasteiger partial charge in [-0.25, -0.2) is 4.98 Å². The molecule has 0 fully saturated rings. The average Bonchev–Trinajstić information content (AvgIpc) is 2.72. The van der Waals surface area contributed by atoms with Gasteiger partial charge in [0.1, 0.15) is 5.52 Å². The third-order valence-corrected chi connectivity index (χ3v) is 2.89. The standard InChI is InChI=1S/C14H18N2O3/c1-10-16-12-5-4-11(9-13(12)19-10)6-8-15-7-2-3-14(17)18/h4-5,9,15H,2-3,6-8H2,1H3,(H,17,18). The second-order valence-electron chi connectivity index (χ2n) is 4.53. The fourth-order valence-corrected chi connectivity index (χ4v) is 1.96. The molecule has 2 N–H and O–H groups in total. The Balaban J connectivity index is 1.76. The third-order valence-electron chi connectivity index (χ3n) is 2.89. The van der Waals surface area contributed by atoms with Gasteiger partial charge >= 0.3 is 5.97 Å². The highest BCUT2D eigenvalue weighted by Gasteiger charge is 2.03. The molecule has 0 radical (unpaired) electrons. The number of benzene rings is 1. The number of aromatic nitrogens is 1. The first kappa shape index (κ1) is 13.5. The minimum Gasteiger partial charge on any atom is -0.481 e. The summed E-state index contributed by atoms with van der Waals surface area (Å²) in [6, 6.07) is 6.02. The Hall–Kier alpha value is -1.88. The van der Waals surface area contributed by atoms with Crippen LogP contribution >= 0.6 is 0 Å². The second-order valence-corrected chi connectivity index (χ2v) is 4.53. The number of oxazole rings is 1. The van der Waals surface area contributed by atoms with Gasteiger partial charge in [0, 0.05) is 13.3 Å². The van der Waals surface area contributed by atoms with E-state index in [0.717, 1.165) is 30.6 Å². The summed E-state index contributed by atoms with van der Waals surface area (Å²) in [7, 11) is 0. The van der Waals surface area contributed by atoms with Crippen molar-refractivity contribution in [2.75, 3.05) is 13.1 Å². The monoisotopic (exact) mass is 262 g/mol. The molecule has 102 valence electrons. The number of nitrogens with one attached hydrogen (secondary N) is 1. The molecule has 0 aliphatic carbocycles. The molecule has 1 heterocycles. The predicted octanol–water partition coefficient (Wildman–Crippen LogP) is 2.13. The van der Waals surface area contributed by atoms with Gasteiger partial charge in [-0.2, -0.15) is 0 Å². The molecule has 0 saturated heterocycles. The summed E-state index contributed by atoms with van der Waals surface area (Å²) in [5, 5.41) is 11.7. The van der Waals surface area contributed by atoms with Crippen LogP contribution in [0.25, 0.3) is 11.1 Å². The predicted molar refractivity (Wildman–Crippen MR) is 72.2 cm³/mol. The first-order valence-corrected chi connectivity index (χ1v) is 6.44. The fraction of sp³-hybridized carbons (Fsp3) is 0.429. The summed E-state index contributed by atoms with van der Waals surface area (Å²) in [6.45, 7) is 3.40. The average molecular weight is 262 g/mol. The molecule has 0 atom stereocenters. The van der Waals surface area contributed by atoms with Crippen LogP contribution in [0.2, 0.25) is 0 Å². The van der Waals surface area contributed by atoms with E-state index >= 15 is 0 Å². The van der Waals surface area contributed by atoms with Gasteiger partial charge in [-0.15, -0.1) is 0 Å². The fourth-order valence-electron chi connectivity index (χ4n) is 1.96. The van der Waals surface area contributed by atoms with Gasteiger partial charge in [0.05, 0.1) is 0 Å². The largest absolute Gasteiger partial charge is 0.481 e. The van der Waals surface area contributed by atoms with Crippen LogP contribution in [0.1, 0.15) is 24.3 Å². The Labute approximate surface area is 111 Å². The summed E-state index contributed by atoms with van der Waals surface area (Å²) < 4.78 is 5.48. The minimum absolute atomic E-state index is 0.219. The van der Waals surface area contributed by atoms with Crippen molar-refractivity contribution in [1.82, 2.24) is 10.3 Å². The number of hydrogen-bond donors (Lipinski definition) is 2. The first-order chi connectivity index (χ1) is 9.15. The molecule has 5 heteroatoms. The molecule has 5 nitrogen and oxygen atoms in total. The number of aryl methyl sites for hydroxylation is 1. The summed E-state index contributed by atoms with van der Waals surface area (Å²) in [5.41, 5.74) is 2.89. The van der Waals surface area contributed by atoms with Crippen molar-refractivity contribution in [3.05, 3.63) is 29.7 Å². The molecule has 0 saturated carbocycles. The second kappa shape index (κ2) is 6.33. The molecule has 2 aromatic rings. The number of carboxylic acid groups (broad SMARTS) is 1. The highest BCUT2D eigenvalue weighted by atomic mass is 16.4. The van der Waals surface area contributed by atoms with Crippen LogP contribution in [0.4, 0.5) is 0 Å². The van der Waals surface area contributed by atoms with Crippen molar-refractivity contribution >= 4 is 17.1 Å². The molecule has 0 bridgehead atoms. The van der Waals surface area contributed by atoms with Crippen molar-refractivity contribution < 1.29 is 14.3 Å². The molecular weight excluding hydrogens is 244 g/mol. The molecule has 0 aliphatic rings. The Bertz CT molecular complexity index is 563. The zero-order chi connectivity index (χ0) is 13.7. The molecule has 0 unspecified atom stereocenters. The van der Waals surface area contributed by atoms with E-state index in [2.05, 4.69) is 10.3 Å². The lowest BCUT2D eigenvalue weighted by Crippen LogP contribution is -2.19. The van der Waals surface area contributed by atoms with Crippen molar-refractivity contribution in [1.29, 1.82) is 0 Å². The lowest BCUT2D eigenvalue weighted by Gasteiger charge is -2.03. The van der Waals surface area contributed by atoms with E-state index in [-0.39, 0.29) is 6.42 Å². The van der Waals surface area contributed by atoms with Gasteiger partial charge in [-0.05, 0) is 43.6 Å². The van der Waals surface area contributed by atoms with Crippen LogP contribution in [0.15, 0.2) is 22.6 Å². The molecule has 0 aliphatic heterocycles. The molecule has 2 rings (SSSR count). The number of carbonyl (C=O) groups is 1. The summed E-state index contributed by atoms with van der Waals surface area (Å²) in [6.07, 6.45) is 1.77. The van der Waals surface area contributed by atoms with E-state index in [1.807, 2.05) is 25.1 Å². The van der Waals surface area contributed by atoms with E-state index in [0.29, 0.717) is 12.3 Å². The van der Waals surface area contributed by atoms with Crippen LogP contribution in [-0.2, 0) is 11.2 Å². The molecule has 1 aromatic heterocycles. The van der Waals surface area contributed by atoms with E-state index < -0.39 is 5.97 Å². The van der Waals surface area contributed by atoms with Crippen molar-refractivity contribution in [3.63, 3.8) is 0 Å². The normalized spacial score (nSPS) is 11.0. The van der Waals surface area contributed by atoms with Crippen molar-refractivity contribution in [2.24, 2.45) is 0 Å². The third kappa shape index (κ3) is 4.06. The number of rotatable bonds is 7. The summed E-state index contributed by atoms with van der Waals surface area (Å²) in [5.74, 6) is -0.0631. The van der Waals surface area contributed by atoms with Gasteiger partial charge in [0.25, 0.3) is 0 Å². The Morgan fingerprint density at radius 3 is 3.05 bits per heavy atom. The maximum Gasteiger partial charge on any atom is 0.303 e. The zero-order valence-electron chi connectivity index (χ0n) is 11.0. The number of carboxylic acids is 1. The van der Waals surface area contributed by atoms with E-state index in [9.17, 15) is 4.79 Å². The van der Waals surface area contributed by atoms with Crippen LogP contribution in [0, 0.1) is 6.92 Å². The van der Waals surface area contributed by atoms with Gasteiger partial charge in [0.2, 0.25) is 0 Å². The first-order valence-electron chi connectivity index (χ1n) is 6.44. The maximum atomic E-state index is 10.3. The minimum atomic E-state index is -0.743. The molecule has 19 heavy (non-hydrogen) atoms. The lowest BCUT2D eigenvalue weighted by atomic mass is 10.1. The topological polar surface area (TPSA) is 75.4 Å². The van der Waals surface area contributed by atoms with E-state index in [1.54, 1.807) is 0 Å². The van der Waals surface area contributed by atoms with Gasteiger partial charge < -0.3 is 14.8 Å². The van der Waals surface area contributed by atoms with Gasteiger partial charge in [-0.1, -0.05) is 6.07 Å². The summed E-state index contributed by atoms with van der Waals surface area (Å²) in [4.78, 5) is 14.6. The number of aliphatic carboxylic acids is 1. The van der Waals surface area contributed by atoms with Crippen molar-refractivity contribution in [2.45, 2.75) is 26.2 Å². The van der Waals surface area contributed by atoms with Gasteiger partial charge in [-0.3, -0.25) is 4.79 Å². The quantitative estimate of drug-likeness (QED) is 0.748. The number of fused-ring (bicyclic) bond motifs is 1. The molecule has 1 aromatic carbocycles. The molecule has 0 amide bonds. The molecule has 0 spiro atoms. The number of nitrogens with zero attached hydrogens (tertiary/aromatic N) is 1. The van der Waals surface area contributed by atoms with E-state index in [4.69, 9.17) is 9.52 Å². The van der Waals surface area contributed by atoms with Crippen molar-refractivity contribution in [3.8, 4) is 0 Å². The summed E-state index contributed by atoms with van der Waals surface area (Å²) >= 11 is 0. The smallest absolute Gasteiger partial charge is 0.303 e. The highest BCUT2D eigenvalue weighted by Crippen LogP contribution is 2.16. The Morgan fingerprint density at radius 2 is 2.26 bits per heavy atom. The Kier molecular flexibility index (Phi) is 4.52.